The van der Waals surface area contributed by atoms with Gasteiger partial charge >= 0.3 is 6.09 Å². The number of benzene rings is 3. The average Bonchev–Trinajstić information content (AvgIpc) is 3.44. The number of piperazine rings is 1. The zero-order valence-electron chi connectivity index (χ0n) is 20.7. The van der Waals surface area contributed by atoms with Crippen LogP contribution in [0.15, 0.2) is 79.4 Å². The molecule has 4 aromatic rings. The van der Waals surface area contributed by atoms with Gasteiger partial charge in [-0.1, -0.05) is 52.5 Å². The Morgan fingerprint density at radius 3 is 2.18 bits per heavy atom. The predicted octanol–water partition coefficient (Wildman–Crippen LogP) is 7.81. The number of halogens is 4. The molecule has 1 amide bonds. The number of aromatic nitrogens is 2. The maximum absolute atomic E-state index is 12.8. The number of rotatable bonds is 7. The van der Waals surface area contributed by atoms with E-state index >= 15 is 0 Å². The summed E-state index contributed by atoms with van der Waals surface area (Å²) in [4.78, 5) is 21.5. The highest BCUT2D eigenvalue weighted by Gasteiger charge is 2.22. The molecule has 1 aromatic heterocycles. The summed E-state index contributed by atoms with van der Waals surface area (Å²) in [6.45, 7) is 3.77. The third-order valence-electron chi connectivity index (χ3n) is 6.52. The maximum atomic E-state index is 12.8. The van der Waals surface area contributed by atoms with Crippen LogP contribution in [-0.2, 0) is 11.3 Å². The zero-order chi connectivity index (χ0) is 27.4. The van der Waals surface area contributed by atoms with E-state index in [0.29, 0.717) is 37.9 Å². The van der Waals surface area contributed by atoms with Gasteiger partial charge in [0.15, 0.2) is 0 Å². The summed E-state index contributed by atoms with van der Waals surface area (Å²) in [5.74, 6) is 0. The van der Waals surface area contributed by atoms with Crippen LogP contribution < -0.4 is 15.1 Å². The van der Waals surface area contributed by atoms with Crippen molar-refractivity contribution in [2.45, 2.75) is 12.6 Å². The fraction of sp³-hybridized carbons (Fsp3) is 0.214. The van der Waals surface area contributed by atoms with Gasteiger partial charge in [0.2, 0.25) is 0 Å². The van der Waals surface area contributed by atoms with Crippen LogP contribution in [0.2, 0.25) is 20.1 Å². The molecule has 1 saturated heterocycles. The third-order valence-corrected chi connectivity index (χ3v) is 7.82. The summed E-state index contributed by atoms with van der Waals surface area (Å²) in [5.41, 5.74) is 3.42. The van der Waals surface area contributed by atoms with Crippen molar-refractivity contribution in [3.05, 3.63) is 105 Å². The molecule has 2 heterocycles. The van der Waals surface area contributed by atoms with E-state index < -0.39 is 12.2 Å². The lowest BCUT2D eigenvalue weighted by atomic mass is 10.1. The number of anilines is 3. The van der Waals surface area contributed by atoms with E-state index in [9.17, 15) is 4.79 Å². The molecule has 7 nitrogen and oxygen atoms in total. The van der Waals surface area contributed by atoms with Crippen LogP contribution in [0.3, 0.4) is 0 Å². The van der Waals surface area contributed by atoms with Gasteiger partial charge in [0.1, 0.15) is 6.10 Å². The summed E-state index contributed by atoms with van der Waals surface area (Å²) in [7, 11) is 0. The summed E-state index contributed by atoms with van der Waals surface area (Å²) in [6.07, 6.45) is 3.88. The molecule has 3 aromatic carbocycles. The first kappa shape index (κ1) is 27.5. The lowest BCUT2D eigenvalue weighted by Crippen LogP contribution is -2.46. The van der Waals surface area contributed by atoms with Crippen molar-refractivity contribution in [2.24, 2.45) is 0 Å². The van der Waals surface area contributed by atoms with Gasteiger partial charge in [0.25, 0.3) is 0 Å². The topological polar surface area (TPSA) is 62.6 Å². The van der Waals surface area contributed by atoms with Gasteiger partial charge in [-0.25, -0.2) is 9.78 Å². The lowest BCUT2D eigenvalue weighted by Gasteiger charge is -2.37. The number of nitrogens with zero attached hydrogens (tertiary/aromatic N) is 4. The molecule has 0 saturated carbocycles. The van der Waals surface area contributed by atoms with Crippen molar-refractivity contribution < 1.29 is 9.53 Å². The van der Waals surface area contributed by atoms with Crippen molar-refractivity contribution in [3.8, 4) is 0 Å². The second-order valence-electron chi connectivity index (χ2n) is 9.06. The first-order chi connectivity index (χ1) is 18.9. The number of imidazole rings is 1. The molecule has 202 valence electrons. The van der Waals surface area contributed by atoms with Gasteiger partial charge in [-0.2, -0.15) is 0 Å². The molecule has 0 spiro atoms. The number of carbonyl (C=O) groups excluding carboxylic acids is 1. The molecule has 1 aliphatic rings. The van der Waals surface area contributed by atoms with E-state index in [4.69, 9.17) is 51.1 Å². The van der Waals surface area contributed by atoms with E-state index in [1.165, 1.54) is 0 Å². The smallest absolute Gasteiger partial charge is 0.412 e. The fourth-order valence-corrected chi connectivity index (χ4v) is 5.31. The van der Waals surface area contributed by atoms with Gasteiger partial charge in [0, 0.05) is 71.2 Å². The fourth-order valence-electron chi connectivity index (χ4n) is 4.48. The molecule has 11 heteroatoms. The molecular formula is C28H25Cl4N5O2. The van der Waals surface area contributed by atoms with E-state index in [2.05, 4.69) is 20.1 Å². The maximum Gasteiger partial charge on any atom is 0.412 e. The Kier molecular flexibility index (Phi) is 8.72. The van der Waals surface area contributed by atoms with Crippen molar-refractivity contribution >= 4 is 69.6 Å². The number of hydrogen-bond donors (Lipinski definition) is 1. The highest BCUT2D eigenvalue weighted by atomic mass is 35.5. The minimum absolute atomic E-state index is 0.349. The van der Waals surface area contributed by atoms with Crippen molar-refractivity contribution in [1.82, 2.24) is 9.55 Å². The Balaban J connectivity index is 1.19. The number of carbonyl (C=O) groups is 1. The van der Waals surface area contributed by atoms with Gasteiger partial charge in [-0.3, -0.25) is 5.32 Å². The molecule has 0 unspecified atom stereocenters. The van der Waals surface area contributed by atoms with Gasteiger partial charge in [-0.15, -0.1) is 0 Å². The van der Waals surface area contributed by atoms with Gasteiger partial charge in [-0.05, 0) is 54.6 Å². The Labute approximate surface area is 246 Å². The van der Waals surface area contributed by atoms with E-state index in [1.807, 2.05) is 47.0 Å². The molecule has 0 bridgehead atoms. The lowest BCUT2D eigenvalue weighted by molar-refractivity contribution is 0.0998. The standard InChI is InChI=1S/C28H25Cl4N5O2/c29-19-1-7-23(25(31)15-19)27(17-35-10-9-33-18-35)39-28(38)34-20-2-4-21(5-3-20)36-11-13-37(14-12-36)22-6-8-24(30)26(32)16-22/h1-10,15-16,18,27H,11-14,17H2,(H,34,38)/t27-/m1/s1. The molecule has 1 fully saturated rings. The minimum Gasteiger partial charge on any atom is -0.439 e. The number of amides is 1. The van der Waals surface area contributed by atoms with E-state index in [1.54, 1.807) is 36.9 Å². The van der Waals surface area contributed by atoms with Crippen LogP contribution in [0.5, 0.6) is 0 Å². The van der Waals surface area contributed by atoms with Crippen LogP contribution in [0.1, 0.15) is 11.7 Å². The molecule has 5 rings (SSSR count). The quantitative estimate of drug-likeness (QED) is 0.233. The molecular weight excluding hydrogens is 580 g/mol. The number of hydrogen-bond acceptors (Lipinski definition) is 5. The second-order valence-corrected chi connectivity index (χ2v) is 10.7. The van der Waals surface area contributed by atoms with E-state index in [-0.39, 0.29) is 0 Å². The predicted molar refractivity (Wildman–Crippen MR) is 159 cm³/mol. The normalized spacial score (nSPS) is 14.3. The Morgan fingerprint density at radius 1 is 0.846 bits per heavy atom. The number of ether oxygens (including phenoxy) is 1. The van der Waals surface area contributed by atoms with Gasteiger partial charge < -0.3 is 19.1 Å². The second kappa shape index (κ2) is 12.4. The first-order valence-corrected chi connectivity index (χ1v) is 13.8. The molecule has 1 aliphatic heterocycles. The highest BCUT2D eigenvalue weighted by Crippen LogP contribution is 2.31. The van der Waals surface area contributed by atoms with Crippen molar-refractivity contribution in [2.75, 3.05) is 41.3 Å². The monoisotopic (exact) mass is 603 g/mol. The first-order valence-electron chi connectivity index (χ1n) is 12.3. The SMILES string of the molecule is O=C(Nc1ccc(N2CCN(c3ccc(Cl)c(Cl)c3)CC2)cc1)O[C@H](Cn1ccnc1)c1ccc(Cl)cc1Cl. The molecule has 0 aliphatic carbocycles. The summed E-state index contributed by atoms with van der Waals surface area (Å²) < 4.78 is 7.61. The van der Waals surface area contributed by atoms with Crippen LogP contribution in [-0.4, -0.2) is 41.8 Å². The minimum atomic E-state index is -0.643. The Morgan fingerprint density at radius 2 is 1.54 bits per heavy atom. The summed E-state index contributed by atoms with van der Waals surface area (Å²) in [5, 5.41) is 4.85. The van der Waals surface area contributed by atoms with Gasteiger partial charge in [0.05, 0.1) is 22.9 Å². The Hall–Kier alpha value is -3.10. The van der Waals surface area contributed by atoms with E-state index in [0.717, 1.165) is 37.6 Å². The largest absolute Gasteiger partial charge is 0.439 e. The molecule has 1 N–H and O–H groups in total. The average molecular weight is 605 g/mol. The van der Waals surface area contributed by atoms with Crippen LogP contribution >= 0.6 is 46.4 Å². The molecule has 1 atom stereocenters. The van der Waals surface area contributed by atoms with Crippen LogP contribution in [0, 0.1) is 0 Å². The third kappa shape index (κ3) is 6.92. The van der Waals surface area contributed by atoms with Crippen LogP contribution in [0.4, 0.5) is 21.9 Å². The van der Waals surface area contributed by atoms with Crippen molar-refractivity contribution in [1.29, 1.82) is 0 Å². The Bertz CT molecular complexity index is 1420. The summed E-state index contributed by atoms with van der Waals surface area (Å²) >= 11 is 24.7. The molecule has 39 heavy (non-hydrogen) atoms. The zero-order valence-corrected chi connectivity index (χ0v) is 23.8. The summed E-state index contributed by atoms with van der Waals surface area (Å²) in [6, 6.07) is 18.5. The van der Waals surface area contributed by atoms with Crippen LogP contribution in [0.25, 0.3) is 0 Å². The molecule has 0 radical (unpaired) electrons. The number of nitrogens with one attached hydrogen (secondary N) is 1. The van der Waals surface area contributed by atoms with Crippen molar-refractivity contribution in [3.63, 3.8) is 0 Å². The highest BCUT2D eigenvalue weighted by molar-refractivity contribution is 6.42.